The number of aryl methyl sites for hydroxylation is 2. The van der Waals surface area contributed by atoms with E-state index in [9.17, 15) is 4.39 Å². The fourth-order valence-electron chi connectivity index (χ4n) is 3.01. The maximum Gasteiger partial charge on any atom is 0.124 e. The van der Waals surface area contributed by atoms with Crippen LogP contribution in [0.2, 0.25) is 0 Å². The van der Waals surface area contributed by atoms with Crippen molar-refractivity contribution in [2.24, 2.45) is 5.73 Å². The summed E-state index contributed by atoms with van der Waals surface area (Å²) < 4.78 is 15.9. The largest absolute Gasteiger partial charge is 0.389 e. The molecule has 1 aromatic carbocycles. The molecule has 0 saturated carbocycles. The standard InChI is InChI=1S/C16H18FN3S/c1-10-19-14-4-2-3-5-15(14)20(10)9-11-6-12(16(18)21)8-13(17)7-11/h6-8H,2-5,9H2,1H3,(H2,18,21). The van der Waals surface area contributed by atoms with E-state index in [2.05, 4.69) is 9.55 Å². The lowest BCUT2D eigenvalue weighted by Gasteiger charge is -2.15. The summed E-state index contributed by atoms with van der Waals surface area (Å²) in [7, 11) is 0. The second-order valence-electron chi connectivity index (χ2n) is 5.56. The zero-order valence-corrected chi connectivity index (χ0v) is 12.8. The van der Waals surface area contributed by atoms with Gasteiger partial charge in [-0.3, -0.25) is 0 Å². The third-order valence-electron chi connectivity index (χ3n) is 4.01. The third-order valence-corrected chi connectivity index (χ3v) is 4.24. The summed E-state index contributed by atoms with van der Waals surface area (Å²) in [6.07, 6.45) is 4.49. The van der Waals surface area contributed by atoms with Crippen molar-refractivity contribution in [3.8, 4) is 0 Å². The van der Waals surface area contributed by atoms with E-state index in [1.54, 1.807) is 0 Å². The number of rotatable bonds is 3. The second-order valence-corrected chi connectivity index (χ2v) is 6.00. The van der Waals surface area contributed by atoms with Gasteiger partial charge >= 0.3 is 0 Å². The van der Waals surface area contributed by atoms with Crippen molar-refractivity contribution in [2.45, 2.75) is 39.2 Å². The van der Waals surface area contributed by atoms with Gasteiger partial charge in [-0.05, 0) is 56.4 Å². The fourth-order valence-corrected chi connectivity index (χ4v) is 3.13. The molecule has 2 N–H and O–H groups in total. The van der Waals surface area contributed by atoms with Gasteiger partial charge in [0.15, 0.2) is 0 Å². The summed E-state index contributed by atoms with van der Waals surface area (Å²) in [5.41, 5.74) is 9.54. The van der Waals surface area contributed by atoms with Gasteiger partial charge in [0.1, 0.15) is 16.6 Å². The van der Waals surface area contributed by atoms with Gasteiger partial charge in [0.25, 0.3) is 0 Å². The first-order valence-electron chi connectivity index (χ1n) is 7.19. The first-order chi connectivity index (χ1) is 10.0. The molecular formula is C16H18FN3S. The Hall–Kier alpha value is -1.75. The highest BCUT2D eigenvalue weighted by Gasteiger charge is 2.18. The Bertz CT molecular complexity index is 706. The molecule has 0 unspecified atom stereocenters. The van der Waals surface area contributed by atoms with Crippen molar-refractivity contribution in [3.63, 3.8) is 0 Å². The summed E-state index contributed by atoms with van der Waals surface area (Å²) >= 11 is 4.94. The number of nitrogens with two attached hydrogens (primary N) is 1. The van der Waals surface area contributed by atoms with Crippen molar-refractivity contribution in [1.29, 1.82) is 0 Å². The van der Waals surface area contributed by atoms with Gasteiger partial charge in [-0.15, -0.1) is 0 Å². The average Bonchev–Trinajstić information content (AvgIpc) is 2.75. The maximum absolute atomic E-state index is 13.7. The molecular weight excluding hydrogens is 285 g/mol. The van der Waals surface area contributed by atoms with E-state index in [-0.39, 0.29) is 10.8 Å². The lowest BCUT2D eigenvalue weighted by atomic mass is 10.0. The molecule has 5 heteroatoms. The highest BCUT2D eigenvalue weighted by Crippen LogP contribution is 2.23. The predicted octanol–water partition coefficient (Wildman–Crippen LogP) is 2.89. The van der Waals surface area contributed by atoms with E-state index in [0.29, 0.717) is 12.1 Å². The molecule has 0 amide bonds. The molecule has 0 radical (unpaired) electrons. The van der Waals surface area contributed by atoms with Gasteiger partial charge in [-0.2, -0.15) is 0 Å². The average molecular weight is 303 g/mol. The van der Waals surface area contributed by atoms with E-state index >= 15 is 0 Å². The Balaban J connectivity index is 1.97. The molecule has 0 fully saturated rings. The predicted molar refractivity (Wildman–Crippen MR) is 85.0 cm³/mol. The minimum Gasteiger partial charge on any atom is -0.389 e. The first-order valence-corrected chi connectivity index (χ1v) is 7.59. The molecule has 0 saturated heterocycles. The molecule has 2 aromatic rings. The molecule has 21 heavy (non-hydrogen) atoms. The van der Waals surface area contributed by atoms with E-state index < -0.39 is 0 Å². The minimum atomic E-state index is -0.304. The van der Waals surface area contributed by atoms with E-state index in [4.69, 9.17) is 18.0 Å². The molecule has 1 heterocycles. The summed E-state index contributed by atoms with van der Waals surface area (Å²) in [4.78, 5) is 4.87. The highest BCUT2D eigenvalue weighted by atomic mass is 32.1. The number of benzene rings is 1. The summed E-state index contributed by atoms with van der Waals surface area (Å²) in [5.74, 6) is 0.685. The number of halogens is 1. The van der Waals surface area contributed by atoms with Crippen LogP contribution in [0.5, 0.6) is 0 Å². The fraction of sp³-hybridized carbons (Fsp3) is 0.375. The molecule has 1 aliphatic rings. The van der Waals surface area contributed by atoms with E-state index in [0.717, 1.165) is 24.2 Å². The first kappa shape index (κ1) is 14.2. The number of imidazole rings is 1. The summed E-state index contributed by atoms with van der Waals surface area (Å²) in [5, 5.41) is 0. The van der Waals surface area contributed by atoms with Crippen molar-refractivity contribution >= 4 is 17.2 Å². The lowest BCUT2D eigenvalue weighted by Crippen LogP contribution is -2.13. The lowest BCUT2D eigenvalue weighted by molar-refractivity contribution is 0.611. The molecule has 0 spiro atoms. The van der Waals surface area contributed by atoms with Gasteiger partial charge in [-0.1, -0.05) is 12.2 Å². The quantitative estimate of drug-likeness (QED) is 0.887. The molecule has 1 aliphatic carbocycles. The van der Waals surface area contributed by atoms with Crippen LogP contribution in [0.3, 0.4) is 0 Å². The molecule has 0 aliphatic heterocycles. The molecule has 1 aromatic heterocycles. The number of fused-ring (bicyclic) bond motifs is 1. The zero-order valence-electron chi connectivity index (χ0n) is 12.0. The number of thiocarbonyl (C=S) groups is 1. The van der Waals surface area contributed by atoms with Crippen LogP contribution in [0, 0.1) is 12.7 Å². The van der Waals surface area contributed by atoms with Crippen LogP contribution >= 0.6 is 12.2 Å². The molecule has 0 bridgehead atoms. The Kier molecular flexibility index (Phi) is 3.76. The van der Waals surface area contributed by atoms with Crippen LogP contribution in [-0.2, 0) is 19.4 Å². The van der Waals surface area contributed by atoms with Crippen LogP contribution in [0.25, 0.3) is 0 Å². The monoisotopic (exact) mass is 303 g/mol. The SMILES string of the molecule is Cc1nc2c(n1Cc1cc(F)cc(C(N)=S)c1)CCCC2. The van der Waals surface area contributed by atoms with Crippen molar-refractivity contribution in [3.05, 3.63) is 52.4 Å². The van der Waals surface area contributed by atoms with Crippen molar-refractivity contribution in [1.82, 2.24) is 9.55 Å². The second kappa shape index (κ2) is 5.56. The highest BCUT2D eigenvalue weighted by molar-refractivity contribution is 7.80. The van der Waals surface area contributed by atoms with Gasteiger partial charge in [0.05, 0.1) is 5.69 Å². The normalized spacial score (nSPS) is 14.0. The number of aromatic nitrogens is 2. The third kappa shape index (κ3) is 2.83. The maximum atomic E-state index is 13.7. The molecule has 110 valence electrons. The molecule has 0 atom stereocenters. The zero-order chi connectivity index (χ0) is 15.0. The number of nitrogens with zero attached hydrogens (tertiary/aromatic N) is 2. The van der Waals surface area contributed by atoms with Crippen LogP contribution in [0.1, 0.15) is 41.2 Å². The van der Waals surface area contributed by atoms with Crippen molar-refractivity contribution < 1.29 is 4.39 Å². The Morgan fingerprint density at radius 1 is 1.33 bits per heavy atom. The summed E-state index contributed by atoms with van der Waals surface area (Å²) in [6, 6.07) is 4.78. The van der Waals surface area contributed by atoms with Crippen LogP contribution in [0.15, 0.2) is 18.2 Å². The topological polar surface area (TPSA) is 43.8 Å². The van der Waals surface area contributed by atoms with Gasteiger partial charge in [0, 0.05) is 17.8 Å². The minimum absolute atomic E-state index is 0.222. The smallest absolute Gasteiger partial charge is 0.124 e. The van der Waals surface area contributed by atoms with Crippen molar-refractivity contribution in [2.75, 3.05) is 0 Å². The van der Waals surface area contributed by atoms with Crippen LogP contribution in [0.4, 0.5) is 4.39 Å². The van der Waals surface area contributed by atoms with Gasteiger partial charge in [0.2, 0.25) is 0 Å². The Morgan fingerprint density at radius 2 is 2.10 bits per heavy atom. The van der Waals surface area contributed by atoms with Crippen LogP contribution < -0.4 is 5.73 Å². The van der Waals surface area contributed by atoms with E-state index in [1.165, 1.54) is 36.4 Å². The summed E-state index contributed by atoms with van der Waals surface area (Å²) in [6.45, 7) is 2.62. The Labute approximate surface area is 129 Å². The van der Waals surface area contributed by atoms with Crippen LogP contribution in [-0.4, -0.2) is 14.5 Å². The van der Waals surface area contributed by atoms with Gasteiger partial charge in [-0.25, -0.2) is 9.37 Å². The van der Waals surface area contributed by atoms with Gasteiger partial charge < -0.3 is 10.3 Å². The number of hydrogen-bond acceptors (Lipinski definition) is 2. The molecule has 3 nitrogen and oxygen atoms in total. The Morgan fingerprint density at radius 3 is 2.86 bits per heavy atom. The van der Waals surface area contributed by atoms with E-state index in [1.807, 2.05) is 13.0 Å². The molecule has 3 rings (SSSR count). The number of hydrogen-bond donors (Lipinski definition) is 1.